The van der Waals surface area contributed by atoms with E-state index in [2.05, 4.69) is 4.74 Å². The van der Waals surface area contributed by atoms with Crippen molar-refractivity contribution in [2.45, 2.75) is 30.2 Å². The summed E-state index contributed by atoms with van der Waals surface area (Å²) in [5.74, 6) is 0.146. The lowest BCUT2D eigenvalue weighted by Gasteiger charge is -2.26. The summed E-state index contributed by atoms with van der Waals surface area (Å²) in [4.78, 5) is 11.3. The standard InChI is InChI=1S/C17H22O5S/c1-20-14(8-9-15(19)21-2)17-16(13(18)11-23-17)22-10-12-6-4-3-5-7-12/h3-9,13-14,16-18H,10-11H2,1-2H3/b9-8+/t13-,14?,16-,17-/m1/s1. The topological polar surface area (TPSA) is 65.0 Å². The van der Waals surface area contributed by atoms with Crippen molar-refractivity contribution in [1.29, 1.82) is 0 Å². The number of carbonyl (C=O) groups excluding carboxylic acids is 1. The molecule has 126 valence electrons. The highest BCUT2D eigenvalue weighted by atomic mass is 32.2. The highest BCUT2D eigenvalue weighted by molar-refractivity contribution is 8.00. The molecule has 0 aromatic heterocycles. The predicted molar refractivity (Wildman–Crippen MR) is 89.2 cm³/mol. The Hall–Kier alpha value is -1.34. The van der Waals surface area contributed by atoms with Crippen LogP contribution in [-0.4, -0.2) is 54.6 Å². The summed E-state index contributed by atoms with van der Waals surface area (Å²) in [6.45, 7) is 0.427. The summed E-state index contributed by atoms with van der Waals surface area (Å²) in [5, 5.41) is 10.1. The molecule has 0 amide bonds. The van der Waals surface area contributed by atoms with Crippen molar-refractivity contribution in [2.24, 2.45) is 0 Å². The third-order valence-corrected chi connectivity index (χ3v) is 5.12. The maximum absolute atomic E-state index is 11.3. The number of thioether (sulfide) groups is 1. The van der Waals surface area contributed by atoms with Crippen LogP contribution >= 0.6 is 11.8 Å². The van der Waals surface area contributed by atoms with Gasteiger partial charge in [0.2, 0.25) is 0 Å². The van der Waals surface area contributed by atoms with E-state index in [1.807, 2.05) is 30.3 Å². The molecule has 0 radical (unpaired) electrons. The molecule has 1 fully saturated rings. The number of rotatable bonds is 7. The van der Waals surface area contributed by atoms with Crippen molar-refractivity contribution in [3.8, 4) is 0 Å². The van der Waals surface area contributed by atoms with Gasteiger partial charge in [-0.05, 0) is 11.6 Å². The number of methoxy groups -OCH3 is 2. The van der Waals surface area contributed by atoms with E-state index in [9.17, 15) is 9.90 Å². The molecule has 1 aromatic carbocycles. The SMILES string of the molecule is COC(=O)/C=C/C(OC)[C@H]1SC[C@@H](O)[C@H]1OCc1ccccc1. The first-order chi connectivity index (χ1) is 11.2. The number of benzene rings is 1. The van der Waals surface area contributed by atoms with E-state index < -0.39 is 12.1 Å². The Bertz CT molecular complexity index is 519. The average molecular weight is 338 g/mol. The Morgan fingerprint density at radius 3 is 2.78 bits per heavy atom. The van der Waals surface area contributed by atoms with Crippen molar-refractivity contribution in [3.63, 3.8) is 0 Å². The summed E-state index contributed by atoms with van der Waals surface area (Å²) >= 11 is 1.58. The highest BCUT2D eigenvalue weighted by Gasteiger charge is 2.40. The van der Waals surface area contributed by atoms with Crippen molar-refractivity contribution >= 4 is 17.7 Å². The van der Waals surface area contributed by atoms with Crippen LogP contribution in [0.25, 0.3) is 0 Å². The molecule has 0 aliphatic carbocycles. The molecule has 0 spiro atoms. The van der Waals surface area contributed by atoms with Crippen LogP contribution in [0.1, 0.15) is 5.56 Å². The Morgan fingerprint density at radius 1 is 1.39 bits per heavy atom. The van der Waals surface area contributed by atoms with Crippen LogP contribution in [0.5, 0.6) is 0 Å². The van der Waals surface area contributed by atoms with Crippen LogP contribution in [-0.2, 0) is 25.6 Å². The van der Waals surface area contributed by atoms with Gasteiger partial charge in [-0.15, -0.1) is 11.8 Å². The molecule has 23 heavy (non-hydrogen) atoms. The van der Waals surface area contributed by atoms with Crippen LogP contribution in [0.3, 0.4) is 0 Å². The van der Waals surface area contributed by atoms with Gasteiger partial charge < -0.3 is 19.3 Å². The number of esters is 1. The molecule has 6 heteroatoms. The normalized spacial score (nSPS) is 25.6. The van der Waals surface area contributed by atoms with Gasteiger partial charge in [0.05, 0.1) is 37.3 Å². The first-order valence-electron chi connectivity index (χ1n) is 7.40. The zero-order valence-electron chi connectivity index (χ0n) is 13.3. The molecular weight excluding hydrogens is 316 g/mol. The lowest BCUT2D eigenvalue weighted by atomic mass is 10.1. The van der Waals surface area contributed by atoms with Gasteiger partial charge in [0.1, 0.15) is 0 Å². The van der Waals surface area contributed by atoms with Crippen molar-refractivity contribution in [1.82, 2.24) is 0 Å². The van der Waals surface area contributed by atoms with E-state index in [0.717, 1.165) is 5.56 Å². The molecule has 1 aliphatic rings. The second kappa shape index (κ2) is 9.08. The van der Waals surface area contributed by atoms with Gasteiger partial charge in [-0.1, -0.05) is 30.3 Å². The maximum atomic E-state index is 11.3. The lowest BCUT2D eigenvalue weighted by Crippen LogP contribution is -2.39. The van der Waals surface area contributed by atoms with E-state index >= 15 is 0 Å². The summed E-state index contributed by atoms with van der Waals surface area (Å²) < 4.78 is 16.0. The Balaban J connectivity index is 2.01. The third-order valence-electron chi connectivity index (χ3n) is 3.67. The van der Waals surface area contributed by atoms with Gasteiger partial charge in [-0.25, -0.2) is 4.79 Å². The Kier molecular flexibility index (Phi) is 7.11. The molecule has 0 saturated carbocycles. The fourth-order valence-electron chi connectivity index (χ4n) is 2.44. The molecule has 1 aliphatic heterocycles. The largest absolute Gasteiger partial charge is 0.466 e. The van der Waals surface area contributed by atoms with Gasteiger partial charge in [-0.2, -0.15) is 0 Å². The van der Waals surface area contributed by atoms with E-state index in [0.29, 0.717) is 12.4 Å². The van der Waals surface area contributed by atoms with Crippen molar-refractivity contribution < 1.29 is 24.1 Å². The predicted octanol–water partition coefficient (Wildman–Crippen LogP) is 1.79. The minimum absolute atomic E-state index is 0.0837. The summed E-state index contributed by atoms with van der Waals surface area (Å²) in [6.07, 6.45) is 1.75. The molecule has 2 rings (SSSR count). The molecule has 0 bridgehead atoms. The summed E-state index contributed by atoms with van der Waals surface area (Å²) in [6, 6.07) is 9.81. The lowest BCUT2D eigenvalue weighted by molar-refractivity contribution is -0.134. The number of aliphatic hydroxyl groups is 1. The quantitative estimate of drug-likeness (QED) is 0.604. The van der Waals surface area contributed by atoms with Crippen LogP contribution in [0.4, 0.5) is 0 Å². The fourth-order valence-corrected chi connectivity index (χ4v) is 3.89. The van der Waals surface area contributed by atoms with Crippen molar-refractivity contribution in [2.75, 3.05) is 20.0 Å². The Labute approximate surface area is 140 Å². The van der Waals surface area contributed by atoms with Gasteiger partial charge >= 0.3 is 5.97 Å². The van der Waals surface area contributed by atoms with Gasteiger partial charge in [-0.3, -0.25) is 0 Å². The smallest absolute Gasteiger partial charge is 0.330 e. The number of hydrogen-bond donors (Lipinski definition) is 1. The third kappa shape index (κ3) is 5.07. The van der Waals surface area contributed by atoms with Crippen LogP contribution in [0.15, 0.2) is 42.5 Å². The molecule has 5 nitrogen and oxygen atoms in total. The van der Waals surface area contributed by atoms with Gasteiger partial charge in [0, 0.05) is 18.9 Å². The summed E-state index contributed by atoms with van der Waals surface area (Å²) in [5.41, 5.74) is 1.05. The second-order valence-corrected chi connectivity index (χ2v) is 6.42. The molecule has 1 aromatic rings. The number of hydrogen-bond acceptors (Lipinski definition) is 6. The number of carbonyl (C=O) groups is 1. The van der Waals surface area contributed by atoms with E-state index in [1.165, 1.54) is 13.2 Å². The van der Waals surface area contributed by atoms with Crippen LogP contribution < -0.4 is 0 Å². The minimum Gasteiger partial charge on any atom is -0.466 e. The molecule has 1 heterocycles. The maximum Gasteiger partial charge on any atom is 0.330 e. The second-order valence-electron chi connectivity index (χ2n) is 5.21. The van der Waals surface area contributed by atoms with E-state index in [1.54, 1.807) is 24.9 Å². The minimum atomic E-state index is -0.558. The number of aliphatic hydroxyl groups excluding tert-OH is 1. The average Bonchev–Trinajstić information content (AvgIpc) is 2.95. The van der Waals surface area contributed by atoms with Crippen LogP contribution in [0.2, 0.25) is 0 Å². The molecule has 1 saturated heterocycles. The summed E-state index contributed by atoms with van der Waals surface area (Å²) in [7, 11) is 2.90. The zero-order chi connectivity index (χ0) is 16.7. The Morgan fingerprint density at radius 2 is 2.13 bits per heavy atom. The van der Waals surface area contributed by atoms with Crippen molar-refractivity contribution in [3.05, 3.63) is 48.0 Å². The van der Waals surface area contributed by atoms with Crippen LogP contribution in [0, 0.1) is 0 Å². The van der Waals surface area contributed by atoms with E-state index in [-0.39, 0.29) is 17.5 Å². The molecule has 1 N–H and O–H groups in total. The molecular formula is C17H22O5S. The fraction of sp³-hybridized carbons (Fsp3) is 0.471. The highest BCUT2D eigenvalue weighted by Crippen LogP contribution is 2.34. The number of ether oxygens (including phenoxy) is 3. The van der Waals surface area contributed by atoms with Gasteiger partial charge in [0.15, 0.2) is 0 Å². The van der Waals surface area contributed by atoms with E-state index in [4.69, 9.17) is 9.47 Å². The zero-order valence-corrected chi connectivity index (χ0v) is 14.1. The first-order valence-corrected chi connectivity index (χ1v) is 8.44. The molecule has 4 atom stereocenters. The molecule has 1 unspecified atom stereocenters. The van der Waals surface area contributed by atoms with Gasteiger partial charge in [0.25, 0.3) is 0 Å². The first kappa shape index (κ1) is 18.0. The monoisotopic (exact) mass is 338 g/mol.